The maximum atomic E-state index is 11.9. The van der Waals surface area contributed by atoms with Gasteiger partial charge in [-0.25, -0.2) is 0 Å². The topological polar surface area (TPSA) is 29.1 Å². The number of rotatable bonds is 3. The summed E-state index contributed by atoms with van der Waals surface area (Å²) in [5.74, 6) is -0.0326. The van der Waals surface area contributed by atoms with E-state index in [9.17, 15) is 4.79 Å². The van der Waals surface area contributed by atoms with Crippen LogP contribution in [0.2, 0.25) is 0 Å². The molecule has 18 heavy (non-hydrogen) atoms. The van der Waals surface area contributed by atoms with Crippen LogP contribution in [0.15, 0.2) is 48.5 Å². The van der Waals surface area contributed by atoms with Crippen LogP contribution in [0.4, 0.5) is 0 Å². The van der Waals surface area contributed by atoms with Crippen molar-refractivity contribution in [2.24, 2.45) is 0 Å². The lowest BCUT2D eigenvalue weighted by molar-refractivity contribution is 0.0951. The highest BCUT2D eigenvalue weighted by atomic mass is 16.1. The molecule has 2 nitrogen and oxygen atoms in total. The van der Waals surface area contributed by atoms with Crippen LogP contribution in [0.1, 0.15) is 27.0 Å². The van der Waals surface area contributed by atoms with Crippen molar-refractivity contribution in [3.63, 3.8) is 0 Å². The zero-order chi connectivity index (χ0) is 13.0. The molecule has 1 amide bonds. The quantitative estimate of drug-likeness (QED) is 0.875. The van der Waals surface area contributed by atoms with Crippen molar-refractivity contribution in [2.75, 3.05) is 0 Å². The maximum Gasteiger partial charge on any atom is 0.251 e. The van der Waals surface area contributed by atoms with Crippen molar-refractivity contribution in [3.05, 3.63) is 70.8 Å². The van der Waals surface area contributed by atoms with E-state index in [0.29, 0.717) is 12.1 Å². The minimum Gasteiger partial charge on any atom is -0.348 e. The Kier molecular flexibility index (Phi) is 3.78. The summed E-state index contributed by atoms with van der Waals surface area (Å²) < 4.78 is 0. The van der Waals surface area contributed by atoms with Gasteiger partial charge in [0, 0.05) is 12.1 Å². The average Bonchev–Trinajstić information content (AvgIpc) is 2.36. The van der Waals surface area contributed by atoms with E-state index >= 15 is 0 Å². The zero-order valence-electron chi connectivity index (χ0n) is 10.7. The Bertz CT molecular complexity index is 526. The van der Waals surface area contributed by atoms with Crippen LogP contribution in [0.3, 0.4) is 0 Å². The summed E-state index contributed by atoms with van der Waals surface area (Å²) in [7, 11) is 0. The van der Waals surface area contributed by atoms with Crippen molar-refractivity contribution >= 4 is 5.91 Å². The Labute approximate surface area is 108 Å². The molecule has 0 saturated heterocycles. The Morgan fingerprint density at radius 1 is 1.00 bits per heavy atom. The van der Waals surface area contributed by atoms with Crippen molar-refractivity contribution < 1.29 is 4.79 Å². The number of aryl methyl sites for hydroxylation is 2. The van der Waals surface area contributed by atoms with Crippen LogP contribution in [0.25, 0.3) is 0 Å². The molecule has 2 aromatic rings. The van der Waals surface area contributed by atoms with Crippen molar-refractivity contribution in [2.45, 2.75) is 20.4 Å². The van der Waals surface area contributed by atoms with Gasteiger partial charge in [-0.2, -0.15) is 0 Å². The minimum atomic E-state index is -0.0326. The molecule has 0 bridgehead atoms. The molecule has 92 valence electrons. The summed E-state index contributed by atoms with van der Waals surface area (Å²) in [5, 5.41) is 2.93. The van der Waals surface area contributed by atoms with Crippen LogP contribution < -0.4 is 5.32 Å². The molecule has 0 aromatic heterocycles. The van der Waals surface area contributed by atoms with Crippen LogP contribution in [0, 0.1) is 13.8 Å². The third-order valence-corrected chi connectivity index (χ3v) is 2.77. The number of hydrogen-bond acceptors (Lipinski definition) is 1. The van der Waals surface area contributed by atoms with E-state index < -0.39 is 0 Å². The van der Waals surface area contributed by atoms with Crippen LogP contribution in [-0.2, 0) is 6.54 Å². The third kappa shape index (κ3) is 3.20. The molecule has 2 aromatic carbocycles. The van der Waals surface area contributed by atoms with Gasteiger partial charge in [-0.15, -0.1) is 0 Å². The summed E-state index contributed by atoms with van der Waals surface area (Å²) in [5.41, 5.74) is 4.27. The molecule has 0 aliphatic carbocycles. The van der Waals surface area contributed by atoms with Crippen LogP contribution in [0.5, 0.6) is 0 Å². The lowest BCUT2D eigenvalue weighted by atomic mass is 10.1. The monoisotopic (exact) mass is 239 g/mol. The van der Waals surface area contributed by atoms with Gasteiger partial charge in [0.05, 0.1) is 0 Å². The summed E-state index contributed by atoms with van der Waals surface area (Å²) in [6, 6.07) is 15.6. The van der Waals surface area contributed by atoms with Crippen molar-refractivity contribution in [1.82, 2.24) is 5.32 Å². The molecule has 0 heterocycles. The first-order valence-corrected chi connectivity index (χ1v) is 6.05. The first-order valence-electron chi connectivity index (χ1n) is 6.05. The normalized spacial score (nSPS) is 10.1. The fraction of sp³-hybridized carbons (Fsp3) is 0.188. The number of carbonyl (C=O) groups is 1. The Morgan fingerprint density at radius 2 is 1.61 bits per heavy atom. The van der Waals surface area contributed by atoms with Crippen molar-refractivity contribution in [1.29, 1.82) is 0 Å². The van der Waals surface area contributed by atoms with Gasteiger partial charge < -0.3 is 5.32 Å². The summed E-state index contributed by atoms with van der Waals surface area (Å²) in [6.07, 6.45) is 0. The second kappa shape index (κ2) is 5.50. The highest BCUT2D eigenvalue weighted by molar-refractivity contribution is 5.94. The van der Waals surface area contributed by atoms with Gasteiger partial charge in [0.2, 0.25) is 0 Å². The van der Waals surface area contributed by atoms with Crippen molar-refractivity contribution in [3.8, 4) is 0 Å². The summed E-state index contributed by atoms with van der Waals surface area (Å²) >= 11 is 0. The molecule has 0 aliphatic heterocycles. The molecule has 1 N–H and O–H groups in total. The summed E-state index contributed by atoms with van der Waals surface area (Å²) in [6.45, 7) is 4.70. The number of amides is 1. The van der Waals surface area contributed by atoms with Crippen LogP contribution >= 0.6 is 0 Å². The standard InChI is InChI=1S/C16H17NO/c1-12-8-13(2)10-14(9-12)11-17-16(18)15-6-4-3-5-7-15/h3-10H,11H2,1-2H3,(H,17,18). The predicted molar refractivity (Wildman–Crippen MR) is 73.5 cm³/mol. The smallest absolute Gasteiger partial charge is 0.251 e. The molecule has 0 radical (unpaired) electrons. The third-order valence-electron chi connectivity index (χ3n) is 2.77. The van der Waals surface area contributed by atoms with E-state index in [1.54, 1.807) is 0 Å². The van der Waals surface area contributed by atoms with Gasteiger partial charge in [-0.05, 0) is 31.5 Å². The van der Waals surface area contributed by atoms with Gasteiger partial charge >= 0.3 is 0 Å². The Hall–Kier alpha value is -2.09. The Morgan fingerprint density at radius 3 is 2.22 bits per heavy atom. The van der Waals surface area contributed by atoms with E-state index in [0.717, 1.165) is 5.56 Å². The molecule has 2 heteroatoms. The average molecular weight is 239 g/mol. The van der Waals surface area contributed by atoms with E-state index in [1.165, 1.54) is 11.1 Å². The van der Waals surface area contributed by atoms with Gasteiger partial charge in [-0.3, -0.25) is 4.79 Å². The summed E-state index contributed by atoms with van der Waals surface area (Å²) in [4.78, 5) is 11.9. The molecular formula is C16H17NO. The minimum absolute atomic E-state index is 0.0326. The Balaban J connectivity index is 2.02. The van der Waals surface area contributed by atoms with Crippen LogP contribution in [-0.4, -0.2) is 5.91 Å². The van der Waals surface area contributed by atoms with E-state index in [4.69, 9.17) is 0 Å². The zero-order valence-corrected chi connectivity index (χ0v) is 10.7. The molecular weight excluding hydrogens is 222 g/mol. The van der Waals surface area contributed by atoms with Gasteiger partial charge in [0.15, 0.2) is 0 Å². The highest BCUT2D eigenvalue weighted by Gasteiger charge is 2.04. The largest absolute Gasteiger partial charge is 0.348 e. The predicted octanol–water partition coefficient (Wildman–Crippen LogP) is 3.23. The first-order chi connectivity index (χ1) is 8.65. The molecule has 0 saturated carbocycles. The van der Waals surface area contributed by atoms with E-state index in [-0.39, 0.29) is 5.91 Å². The fourth-order valence-corrected chi connectivity index (χ4v) is 2.04. The molecule has 0 unspecified atom stereocenters. The van der Waals surface area contributed by atoms with E-state index in [1.807, 2.05) is 30.3 Å². The second-order valence-corrected chi connectivity index (χ2v) is 4.54. The van der Waals surface area contributed by atoms with Gasteiger partial charge in [0.1, 0.15) is 0 Å². The molecule has 0 aliphatic rings. The SMILES string of the molecule is Cc1cc(C)cc(CNC(=O)c2ccccc2)c1. The molecule has 2 rings (SSSR count). The molecule has 0 atom stereocenters. The molecule has 0 fully saturated rings. The first kappa shape index (κ1) is 12.4. The second-order valence-electron chi connectivity index (χ2n) is 4.54. The van der Waals surface area contributed by atoms with Gasteiger partial charge in [-0.1, -0.05) is 47.5 Å². The number of nitrogens with one attached hydrogen (secondary N) is 1. The fourth-order valence-electron chi connectivity index (χ4n) is 2.04. The van der Waals surface area contributed by atoms with E-state index in [2.05, 4.69) is 37.4 Å². The number of hydrogen-bond donors (Lipinski definition) is 1. The molecule has 0 spiro atoms. The number of benzene rings is 2. The van der Waals surface area contributed by atoms with Gasteiger partial charge in [0.25, 0.3) is 5.91 Å². The number of carbonyl (C=O) groups excluding carboxylic acids is 1. The maximum absolute atomic E-state index is 11.9. The lowest BCUT2D eigenvalue weighted by Gasteiger charge is -2.07. The lowest BCUT2D eigenvalue weighted by Crippen LogP contribution is -2.22. The highest BCUT2D eigenvalue weighted by Crippen LogP contribution is 2.09.